The van der Waals surface area contributed by atoms with E-state index in [0.717, 1.165) is 11.4 Å². The van der Waals surface area contributed by atoms with Crippen molar-refractivity contribution in [1.82, 2.24) is 29.4 Å². The van der Waals surface area contributed by atoms with E-state index in [9.17, 15) is 4.39 Å². The first-order chi connectivity index (χ1) is 12.3. The van der Waals surface area contributed by atoms with Crippen LogP contribution in [-0.2, 0) is 12.8 Å². The molecule has 3 aromatic heterocycles. The normalized spacial score (nSPS) is 11.1. The van der Waals surface area contributed by atoms with Crippen molar-refractivity contribution in [2.24, 2.45) is 0 Å². The van der Waals surface area contributed by atoms with Gasteiger partial charge in [0.1, 0.15) is 36.2 Å². The fourth-order valence-electron chi connectivity index (χ4n) is 2.89. The first kappa shape index (κ1) is 15.3. The number of hydrogen-bond donors (Lipinski definition) is 0. The number of aryl methyl sites for hydroxylation is 1. The third-order valence-electron chi connectivity index (χ3n) is 4.11. The Kier molecular flexibility index (Phi) is 3.85. The van der Waals surface area contributed by atoms with Gasteiger partial charge in [-0.25, -0.2) is 14.1 Å². The van der Waals surface area contributed by atoms with Crippen LogP contribution < -0.4 is 4.74 Å². The molecule has 0 bridgehead atoms. The van der Waals surface area contributed by atoms with Crippen LogP contribution in [-0.4, -0.2) is 36.5 Å². The van der Waals surface area contributed by atoms with E-state index in [4.69, 9.17) is 4.74 Å². The minimum atomic E-state index is -0.265. The maximum absolute atomic E-state index is 14.1. The van der Waals surface area contributed by atoms with E-state index >= 15 is 0 Å². The number of benzene rings is 1. The maximum atomic E-state index is 14.1. The summed E-state index contributed by atoms with van der Waals surface area (Å²) in [4.78, 5) is 3.96. The number of pyridine rings is 1. The Morgan fingerprint density at radius 2 is 2.04 bits per heavy atom. The standard InChI is InChI=1S/C17H15FN6O/c1-25-16-4-2-3-14(18)13(16)7-5-12-6-8-15(24-10-19-9-21-24)17-22-20-11-23(12)17/h2-4,6,8-11H,5,7H2,1H3. The van der Waals surface area contributed by atoms with Gasteiger partial charge in [-0.15, -0.1) is 10.2 Å². The summed E-state index contributed by atoms with van der Waals surface area (Å²) in [6.45, 7) is 0. The zero-order valence-corrected chi connectivity index (χ0v) is 13.5. The van der Waals surface area contributed by atoms with E-state index in [2.05, 4.69) is 20.3 Å². The Hall–Kier alpha value is -3.29. The molecular weight excluding hydrogens is 323 g/mol. The van der Waals surface area contributed by atoms with Crippen LogP contribution in [0.4, 0.5) is 4.39 Å². The van der Waals surface area contributed by atoms with Crippen molar-refractivity contribution in [3.05, 3.63) is 66.4 Å². The molecule has 0 radical (unpaired) electrons. The lowest BCUT2D eigenvalue weighted by Gasteiger charge is -2.11. The minimum Gasteiger partial charge on any atom is -0.496 e. The molecule has 8 heteroatoms. The van der Waals surface area contributed by atoms with Gasteiger partial charge in [0.05, 0.1) is 7.11 Å². The molecule has 0 saturated carbocycles. The van der Waals surface area contributed by atoms with Crippen molar-refractivity contribution in [2.75, 3.05) is 7.11 Å². The number of fused-ring (bicyclic) bond motifs is 1. The predicted molar refractivity (Wildman–Crippen MR) is 88.3 cm³/mol. The summed E-state index contributed by atoms with van der Waals surface area (Å²) in [5, 5.41) is 12.3. The molecule has 0 unspecified atom stereocenters. The van der Waals surface area contributed by atoms with Crippen LogP contribution in [0.5, 0.6) is 5.75 Å². The second-order valence-corrected chi connectivity index (χ2v) is 5.50. The van der Waals surface area contributed by atoms with Crippen LogP contribution in [0.3, 0.4) is 0 Å². The number of hydrogen-bond acceptors (Lipinski definition) is 5. The summed E-state index contributed by atoms with van der Waals surface area (Å²) < 4.78 is 22.9. The molecule has 0 saturated heterocycles. The molecule has 7 nitrogen and oxygen atoms in total. The Morgan fingerprint density at radius 3 is 2.84 bits per heavy atom. The largest absolute Gasteiger partial charge is 0.496 e. The van der Waals surface area contributed by atoms with Crippen LogP contribution in [0, 0.1) is 5.82 Å². The molecule has 0 spiro atoms. The molecule has 0 aliphatic heterocycles. The van der Waals surface area contributed by atoms with E-state index in [1.807, 2.05) is 16.5 Å². The fraction of sp³-hybridized carbons (Fsp3) is 0.176. The van der Waals surface area contributed by atoms with E-state index in [-0.39, 0.29) is 5.82 Å². The first-order valence-electron chi connectivity index (χ1n) is 7.76. The quantitative estimate of drug-likeness (QED) is 0.558. The lowest BCUT2D eigenvalue weighted by Crippen LogP contribution is -2.05. The van der Waals surface area contributed by atoms with Crippen molar-refractivity contribution in [2.45, 2.75) is 12.8 Å². The fourth-order valence-corrected chi connectivity index (χ4v) is 2.89. The number of nitrogens with zero attached hydrogens (tertiary/aromatic N) is 6. The van der Waals surface area contributed by atoms with E-state index in [1.54, 1.807) is 36.6 Å². The molecule has 1 aromatic carbocycles. The Balaban J connectivity index is 1.68. The number of halogens is 1. The summed E-state index contributed by atoms with van der Waals surface area (Å²) in [6, 6.07) is 8.72. The second kappa shape index (κ2) is 6.31. The van der Waals surface area contributed by atoms with Gasteiger partial charge in [0.2, 0.25) is 0 Å². The molecule has 4 rings (SSSR count). The van der Waals surface area contributed by atoms with Crippen LogP contribution in [0.1, 0.15) is 11.3 Å². The van der Waals surface area contributed by atoms with Gasteiger partial charge >= 0.3 is 0 Å². The van der Waals surface area contributed by atoms with Crippen molar-refractivity contribution in [3.63, 3.8) is 0 Å². The van der Waals surface area contributed by atoms with Crippen LogP contribution >= 0.6 is 0 Å². The lowest BCUT2D eigenvalue weighted by molar-refractivity contribution is 0.404. The molecule has 0 N–H and O–H groups in total. The maximum Gasteiger partial charge on any atom is 0.186 e. The molecular formula is C17H15FN6O. The van der Waals surface area contributed by atoms with Gasteiger partial charge in [0.15, 0.2) is 5.65 Å². The van der Waals surface area contributed by atoms with Gasteiger partial charge in [-0.1, -0.05) is 6.07 Å². The van der Waals surface area contributed by atoms with Gasteiger partial charge in [-0.3, -0.25) is 4.40 Å². The molecule has 0 aliphatic carbocycles. The van der Waals surface area contributed by atoms with Gasteiger partial charge < -0.3 is 4.74 Å². The molecule has 126 valence electrons. The summed E-state index contributed by atoms with van der Waals surface area (Å²) in [6.07, 6.45) is 5.83. The highest BCUT2D eigenvalue weighted by atomic mass is 19.1. The summed E-state index contributed by atoms with van der Waals surface area (Å²) >= 11 is 0. The van der Waals surface area contributed by atoms with Crippen LogP contribution in [0.2, 0.25) is 0 Å². The number of rotatable bonds is 5. The van der Waals surface area contributed by atoms with Gasteiger partial charge in [0.25, 0.3) is 0 Å². The van der Waals surface area contributed by atoms with E-state index in [0.29, 0.717) is 29.8 Å². The first-order valence-corrected chi connectivity index (χ1v) is 7.76. The predicted octanol–water partition coefficient (Wildman–Crippen LogP) is 2.24. The zero-order chi connectivity index (χ0) is 17.2. The molecule has 25 heavy (non-hydrogen) atoms. The molecule has 0 atom stereocenters. The third kappa shape index (κ3) is 2.71. The van der Waals surface area contributed by atoms with E-state index < -0.39 is 0 Å². The molecule has 3 heterocycles. The van der Waals surface area contributed by atoms with Gasteiger partial charge in [-0.2, -0.15) is 5.10 Å². The highest BCUT2D eigenvalue weighted by Gasteiger charge is 2.13. The molecule has 0 aliphatic rings. The summed E-state index contributed by atoms with van der Waals surface area (Å²) in [7, 11) is 1.54. The molecule has 0 amide bonds. The molecule has 4 aromatic rings. The third-order valence-corrected chi connectivity index (χ3v) is 4.11. The second-order valence-electron chi connectivity index (χ2n) is 5.50. The monoisotopic (exact) mass is 338 g/mol. The average Bonchev–Trinajstić information content (AvgIpc) is 3.32. The highest BCUT2D eigenvalue weighted by Crippen LogP contribution is 2.23. The number of methoxy groups -OCH3 is 1. The topological polar surface area (TPSA) is 70.1 Å². The Labute approximate surface area is 142 Å². The van der Waals surface area contributed by atoms with Crippen LogP contribution in [0.15, 0.2) is 49.3 Å². The van der Waals surface area contributed by atoms with Crippen molar-refractivity contribution in [3.8, 4) is 11.4 Å². The van der Waals surface area contributed by atoms with Gasteiger partial charge in [-0.05, 0) is 37.1 Å². The Bertz CT molecular complexity index is 1010. The van der Waals surface area contributed by atoms with Crippen molar-refractivity contribution in [1.29, 1.82) is 0 Å². The number of aromatic nitrogens is 6. The summed E-state index contributed by atoms with van der Waals surface area (Å²) in [5.74, 6) is 0.290. The van der Waals surface area contributed by atoms with Gasteiger partial charge in [0, 0.05) is 11.3 Å². The molecule has 0 fully saturated rings. The average molecular weight is 338 g/mol. The SMILES string of the molecule is COc1cccc(F)c1CCc1ccc(-n2cncn2)c2nncn12. The Morgan fingerprint density at radius 1 is 1.12 bits per heavy atom. The van der Waals surface area contributed by atoms with E-state index in [1.165, 1.54) is 12.4 Å². The van der Waals surface area contributed by atoms with Crippen molar-refractivity contribution >= 4 is 5.65 Å². The lowest BCUT2D eigenvalue weighted by atomic mass is 10.1. The zero-order valence-electron chi connectivity index (χ0n) is 13.5. The van der Waals surface area contributed by atoms with Crippen molar-refractivity contribution < 1.29 is 9.13 Å². The number of ether oxygens (including phenoxy) is 1. The smallest absolute Gasteiger partial charge is 0.186 e. The minimum absolute atomic E-state index is 0.265. The van der Waals surface area contributed by atoms with Crippen LogP contribution in [0.25, 0.3) is 11.3 Å². The summed E-state index contributed by atoms with van der Waals surface area (Å²) in [5.41, 5.74) is 2.98. The highest BCUT2D eigenvalue weighted by molar-refractivity contribution is 5.58.